The lowest BCUT2D eigenvalue weighted by atomic mass is 9.82. The van der Waals surface area contributed by atoms with Gasteiger partial charge < -0.3 is 10.6 Å². The van der Waals surface area contributed by atoms with Crippen molar-refractivity contribution in [2.45, 2.75) is 19.8 Å². The summed E-state index contributed by atoms with van der Waals surface area (Å²) >= 11 is 1.31. The van der Waals surface area contributed by atoms with Crippen molar-refractivity contribution in [2.24, 2.45) is 11.1 Å². The Morgan fingerprint density at radius 3 is 3.21 bits per heavy atom. The highest BCUT2D eigenvalue weighted by Crippen LogP contribution is 2.30. The predicted octanol–water partition coefficient (Wildman–Crippen LogP) is 0.888. The molecule has 3 heterocycles. The quantitative estimate of drug-likeness (QED) is 0.866. The molecule has 1 fully saturated rings. The summed E-state index contributed by atoms with van der Waals surface area (Å²) in [4.78, 5) is 7.62. The van der Waals surface area contributed by atoms with Gasteiger partial charge in [0.05, 0.1) is 6.20 Å². The van der Waals surface area contributed by atoms with E-state index in [1.54, 1.807) is 6.20 Å². The van der Waals surface area contributed by atoms with Gasteiger partial charge in [0.1, 0.15) is 4.88 Å². The molecule has 3 rings (SSSR count). The van der Waals surface area contributed by atoms with Crippen molar-refractivity contribution in [3.63, 3.8) is 0 Å². The number of H-pyrrole nitrogens is 1. The van der Waals surface area contributed by atoms with E-state index in [0.29, 0.717) is 6.54 Å². The fraction of sp³-hybridized carbons (Fsp3) is 0.636. The summed E-state index contributed by atoms with van der Waals surface area (Å²) in [6.07, 6.45) is 3.98. The van der Waals surface area contributed by atoms with Crippen LogP contribution in [0.5, 0.6) is 0 Å². The zero-order chi connectivity index (χ0) is 13.3. The average Bonchev–Trinajstić information content (AvgIpc) is 3.09. The van der Waals surface area contributed by atoms with Crippen LogP contribution in [0.1, 0.15) is 19.8 Å². The summed E-state index contributed by atoms with van der Waals surface area (Å²) in [5.41, 5.74) is 6.03. The number of piperidine rings is 1. The molecule has 1 aliphatic rings. The summed E-state index contributed by atoms with van der Waals surface area (Å²) in [5.74, 6) is 1.47. The van der Waals surface area contributed by atoms with E-state index in [0.717, 1.165) is 42.6 Å². The molecule has 0 amide bonds. The number of hydrogen-bond acceptors (Lipinski definition) is 7. The maximum absolute atomic E-state index is 5.87. The van der Waals surface area contributed by atoms with Crippen LogP contribution < -0.4 is 10.6 Å². The van der Waals surface area contributed by atoms with Gasteiger partial charge in [0.15, 0.2) is 5.82 Å². The minimum absolute atomic E-state index is 0.158. The molecule has 1 aliphatic heterocycles. The van der Waals surface area contributed by atoms with Gasteiger partial charge in [0, 0.05) is 13.1 Å². The zero-order valence-electron chi connectivity index (χ0n) is 10.8. The molecule has 0 radical (unpaired) electrons. The van der Waals surface area contributed by atoms with Crippen molar-refractivity contribution in [1.82, 2.24) is 24.8 Å². The first-order valence-electron chi connectivity index (χ1n) is 6.35. The van der Waals surface area contributed by atoms with Gasteiger partial charge in [0.25, 0.3) is 0 Å². The molecule has 0 aromatic carbocycles. The van der Waals surface area contributed by atoms with Crippen LogP contribution in [-0.4, -0.2) is 44.4 Å². The van der Waals surface area contributed by atoms with Crippen LogP contribution in [0.3, 0.4) is 0 Å². The summed E-state index contributed by atoms with van der Waals surface area (Å²) in [5, 5.41) is 11.1. The standard InChI is InChI=1S/C11H17N7S/c1-11(6-12)3-2-4-18(7-11)10-14-9(15-16-10)8-5-13-17-19-8/h5H,2-4,6-7,12H2,1H3,(H,14,15,16). The molecule has 0 bridgehead atoms. The number of nitrogens with zero attached hydrogens (tertiary/aromatic N) is 5. The van der Waals surface area contributed by atoms with Crippen LogP contribution in [0.4, 0.5) is 5.95 Å². The van der Waals surface area contributed by atoms with Crippen molar-refractivity contribution >= 4 is 17.5 Å². The number of nitrogens with two attached hydrogens (primary N) is 1. The molecule has 8 heteroatoms. The minimum Gasteiger partial charge on any atom is -0.339 e. The first-order valence-corrected chi connectivity index (χ1v) is 7.13. The van der Waals surface area contributed by atoms with E-state index in [1.165, 1.54) is 11.5 Å². The van der Waals surface area contributed by atoms with Crippen molar-refractivity contribution in [2.75, 3.05) is 24.5 Å². The normalized spacial score (nSPS) is 23.8. The first kappa shape index (κ1) is 12.5. The number of aromatic nitrogens is 5. The van der Waals surface area contributed by atoms with Crippen LogP contribution in [0.15, 0.2) is 6.20 Å². The van der Waals surface area contributed by atoms with Crippen molar-refractivity contribution < 1.29 is 0 Å². The second kappa shape index (κ2) is 4.86. The highest BCUT2D eigenvalue weighted by atomic mass is 32.1. The highest BCUT2D eigenvalue weighted by Gasteiger charge is 2.31. The average molecular weight is 279 g/mol. The van der Waals surface area contributed by atoms with Crippen LogP contribution in [0, 0.1) is 5.41 Å². The maximum atomic E-state index is 5.87. The summed E-state index contributed by atoms with van der Waals surface area (Å²) < 4.78 is 3.83. The molecular weight excluding hydrogens is 262 g/mol. The van der Waals surface area contributed by atoms with E-state index < -0.39 is 0 Å². The van der Waals surface area contributed by atoms with E-state index in [4.69, 9.17) is 5.73 Å². The molecule has 1 saturated heterocycles. The smallest absolute Gasteiger partial charge is 0.245 e. The Bertz CT molecular complexity index is 537. The third-order valence-corrected chi connectivity index (χ3v) is 4.30. The van der Waals surface area contributed by atoms with Gasteiger partial charge in [-0.2, -0.15) is 4.98 Å². The van der Waals surface area contributed by atoms with Crippen LogP contribution in [0.2, 0.25) is 0 Å². The Morgan fingerprint density at radius 1 is 1.58 bits per heavy atom. The summed E-state index contributed by atoms with van der Waals surface area (Å²) in [6, 6.07) is 0. The van der Waals surface area contributed by atoms with Crippen molar-refractivity contribution in [1.29, 1.82) is 0 Å². The second-order valence-corrected chi connectivity index (χ2v) is 6.09. The highest BCUT2D eigenvalue weighted by molar-refractivity contribution is 7.09. The number of anilines is 1. The number of rotatable bonds is 3. The van der Waals surface area contributed by atoms with Crippen LogP contribution in [-0.2, 0) is 0 Å². The molecule has 0 aliphatic carbocycles. The molecule has 0 saturated carbocycles. The summed E-state index contributed by atoms with van der Waals surface area (Å²) in [6.45, 7) is 4.80. The molecule has 19 heavy (non-hydrogen) atoms. The Labute approximate surface area is 115 Å². The zero-order valence-corrected chi connectivity index (χ0v) is 11.7. The van der Waals surface area contributed by atoms with Gasteiger partial charge in [0.2, 0.25) is 5.95 Å². The third kappa shape index (κ3) is 2.45. The van der Waals surface area contributed by atoms with Crippen LogP contribution in [0.25, 0.3) is 10.7 Å². The second-order valence-electron chi connectivity index (χ2n) is 5.31. The van der Waals surface area contributed by atoms with E-state index >= 15 is 0 Å². The monoisotopic (exact) mass is 279 g/mol. The van der Waals surface area contributed by atoms with Gasteiger partial charge in [-0.05, 0) is 36.3 Å². The van der Waals surface area contributed by atoms with E-state index in [-0.39, 0.29) is 5.41 Å². The number of hydrogen-bond donors (Lipinski definition) is 2. The van der Waals surface area contributed by atoms with Crippen LogP contribution >= 0.6 is 11.5 Å². The first-order chi connectivity index (χ1) is 9.20. The number of aromatic amines is 1. The molecule has 0 spiro atoms. The molecular formula is C11H17N7S. The van der Waals surface area contributed by atoms with E-state index in [2.05, 4.69) is 36.6 Å². The van der Waals surface area contributed by atoms with Gasteiger partial charge in [-0.25, -0.2) is 0 Å². The molecule has 102 valence electrons. The van der Waals surface area contributed by atoms with Gasteiger partial charge in [-0.3, -0.25) is 5.10 Å². The minimum atomic E-state index is 0.158. The van der Waals surface area contributed by atoms with Gasteiger partial charge in [-0.15, -0.1) is 10.2 Å². The molecule has 3 N–H and O–H groups in total. The third-order valence-electron chi connectivity index (χ3n) is 3.62. The van der Waals surface area contributed by atoms with E-state index in [9.17, 15) is 0 Å². The SMILES string of the molecule is CC1(CN)CCCN(c2n[nH]c(-c3cnns3)n2)C1. The Balaban J connectivity index is 1.79. The molecule has 1 unspecified atom stereocenters. The molecule has 2 aromatic heterocycles. The predicted molar refractivity (Wildman–Crippen MR) is 73.9 cm³/mol. The largest absolute Gasteiger partial charge is 0.339 e. The van der Waals surface area contributed by atoms with Gasteiger partial charge in [-0.1, -0.05) is 11.4 Å². The van der Waals surface area contributed by atoms with Crippen molar-refractivity contribution in [3.05, 3.63) is 6.20 Å². The lowest BCUT2D eigenvalue weighted by molar-refractivity contribution is 0.270. The Kier molecular flexibility index (Phi) is 3.19. The Morgan fingerprint density at radius 2 is 2.47 bits per heavy atom. The van der Waals surface area contributed by atoms with E-state index in [1.807, 2.05) is 0 Å². The summed E-state index contributed by atoms with van der Waals surface area (Å²) in [7, 11) is 0. The fourth-order valence-corrected chi connectivity index (χ4v) is 2.88. The topological polar surface area (TPSA) is 96.6 Å². The number of nitrogens with one attached hydrogen (secondary N) is 1. The van der Waals surface area contributed by atoms with Gasteiger partial charge >= 0.3 is 0 Å². The lowest BCUT2D eigenvalue weighted by Crippen LogP contribution is -2.46. The fourth-order valence-electron chi connectivity index (χ4n) is 2.43. The maximum Gasteiger partial charge on any atom is 0.245 e. The Hall–Kier alpha value is -1.54. The lowest BCUT2D eigenvalue weighted by Gasteiger charge is -2.39. The van der Waals surface area contributed by atoms with Crippen molar-refractivity contribution in [3.8, 4) is 10.7 Å². The molecule has 2 aromatic rings. The molecule has 1 atom stereocenters. The molecule has 7 nitrogen and oxygen atoms in total.